The minimum absolute atomic E-state index is 0.253. The van der Waals surface area contributed by atoms with Crippen LogP contribution in [0.1, 0.15) is 0 Å². The molecule has 0 spiro atoms. The summed E-state index contributed by atoms with van der Waals surface area (Å²) in [5.41, 5.74) is 0. The van der Waals surface area contributed by atoms with E-state index in [0.29, 0.717) is 0 Å². The fraction of sp³-hybridized carbons (Fsp3) is 1.00. The van der Waals surface area contributed by atoms with Gasteiger partial charge in [0, 0.05) is 26.2 Å². The zero-order valence-corrected chi connectivity index (χ0v) is 11.2. The second kappa shape index (κ2) is 5.40. The molecule has 0 radical (unpaired) electrons. The number of halogens is 9. The van der Waals surface area contributed by atoms with E-state index in [4.69, 9.17) is 0 Å². The van der Waals surface area contributed by atoms with E-state index in [1.54, 1.807) is 0 Å². The van der Waals surface area contributed by atoms with Crippen molar-refractivity contribution in [1.82, 2.24) is 9.62 Å². The van der Waals surface area contributed by atoms with E-state index >= 15 is 0 Å². The fourth-order valence-electron chi connectivity index (χ4n) is 1.57. The molecule has 0 atom stereocenters. The second-order valence-corrected chi connectivity index (χ2v) is 6.30. The van der Waals surface area contributed by atoms with E-state index in [2.05, 4.69) is 5.32 Å². The molecule has 22 heavy (non-hydrogen) atoms. The third kappa shape index (κ3) is 2.64. The Morgan fingerprint density at radius 2 is 1.18 bits per heavy atom. The minimum atomic E-state index is -7.23. The molecule has 0 bridgehead atoms. The number of nitrogens with zero attached hydrogens (tertiary/aromatic N) is 1. The molecular weight excluding hydrogens is 359 g/mol. The highest BCUT2D eigenvalue weighted by atomic mass is 32.2. The first-order valence-electron chi connectivity index (χ1n) is 5.51. The van der Waals surface area contributed by atoms with Crippen molar-refractivity contribution in [2.24, 2.45) is 0 Å². The van der Waals surface area contributed by atoms with E-state index in [-0.39, 0.29) is 17.4 Å². The SMILES string of the molecule is O=S(=O)(N1CCNCC1)C(F)(F)C(F)(F)C(F)(F)C(F)(F)F. The number of piperazine rings is 1. The monoisotopic (exact) mass is 368 g/mol. The van der Waals surface area contributed by atoms with Gasteiger partial charge in [-0.25, -0.2) is 8.42 Å². The summed E-state index contributed by atoms with van der Waals surface area (Å²) < 4.78 is 137. The average molecular weight is 368 g/mol. The van der Waals surface area contributed by atoms with Crippen molar-refractivity contribution >= 4 is 10.0 Å². The van der Waals surface area contributed by atoms with Gasteiger partial charge in [0.15, 0.2) is 0 Å². The normalized spacial score (nSPS) is 20.2. The van der Waals surface area contributed by atoms with Crippen molar-refractivity contribution in [3.8, 4) is 0 Å². The van der Waals surface area contributed by atoms with Gasteiger partial charge < -0.3 is 5.32 Å². The van der Waals surface area contributed by atoms with Crippen LogP contribution in [0.5, 0.6) is 0 Å². The largest absolute Gasteiger partial charge is 0.460 e. The Kier molecular flexibility index (Phi) is 4.74. The van der Waals surface area contributed by atoms with Crippen molar-refractivity contribution in [3.63, 3.8) is 0 Å². The highest BCUT2D eigenvalue weighted by Gasteiger charge is 2.85. The van der Waals surface area contributed by atoms with Crippen LogP contribution in [0.25, 0.3) is 0 Å². The number of nitrogens with one attached hydrogen (secondary N) is 1. The first-order chi connectivity index (χ1) is 9.61. The van der Waals surface area contributed by atoms with Crippen LogP contribution in [0.15, 0.2) is 0 Å². The number of rotatable bonds is 4. The Bertz CT molecular complexity index is 510. The van der Waals surface area contributed by atoms with Crippen molar-refractivity contribution < 1.29 is 47.9 Å². The summed E-state index contributed by atoms with van der Waals surface area (Å²) in [6.45, 7) is -2.05. The topological polar surface area (TPSA) is 49.4 Å². The first kappa shape index (κ1) is 19.3. The molecule has 1 rings (SSSR count). The van der Waals surface area contributed by atoms with Gasteiger partial charge in [-0.15, -0.1) is 0 Å². The quantitative estimate of drug-likeness (QED) is 0.768. The molecule has 0 aromatic carbocycles. The van der Waals surface area contributed by atoms with Gasteiger partial charge in [-0.3, -0.25) is 0 Å². The van der Waals surface area contributed by atoms with Crippen LogP contribution >= 0.6 is 0 Å². The predicted molar refractivity (Wildman–Crippen MR) is 54.3 cm³/mol. The van der Waals surface area contributed by atoms with Crippen LogP contribution in [0, 0.1) is 0 Å². The molecule has 1 aliphatic heterocycles. The summed E-state index contributed by atoms with van der Waals surface area (Å²) in [7, 11) is -6.43. The van der Waals surface area contributed by atoms with E-state index < -0.39 is 46.4 Å². The molecule has 1 saturated heterocycles. The molecule has 0 aromatic heterocycles. The summed E-state index contributed by atoms with van der Waals surface area (Å²) in [5.74, 6) is -14.4. The van der Waals surface area contributed by atoms with E-state index in [1.807, 2.05) is 0 Å². The molecule has 4 nitrogen and oxygen atoms in total. The highest BCUT2D eigenvalue weighted by Crippen LogP contribution is 2.55. The maximum atomic E-state index is 13.4. The van der Waals surface area contributed by atoms with Gasteiger partial charge in [-0.1, -0.05) is 0 Å². The summed E-state index contributed by atoms with van der Waals surface area (Å²) in [6.07, 6.45) is -7.06. The third-order valence-corrected chi connectivity index (χ3v) is 4.81. The maximum Gasteiger partial charge on any atom is 0.460 e. The van der Waals surface area contributed by atoms with Crippen LogP contribution in [0.3, 0.4) is 0 Å². The van der Waals surface area contributed by atoms with Crippen molar-refractivity contribution in [2.75, 3.05) is 26.2 Å². The average Bonchev–Trinajstić information content (AvgIpc) is 2.37. The number of hydrogen-bond acceptors (Lipinski definition) is 3. The minimum Gasteiger partial charge on any atom is -0.314 e. The zero-order valence-electron chi connectivity index (χ0n) is 10.4. The van der Waals surface area contributed by atoms with Crippen molar-refractivity contribution in [1.29, 1.82) is 0 Å². The Hall–Kier alpha value is -0.760. The van der Waals surface area contributed by atoms with E-state index in [9.17, 15) is 47.9 Å². The maximum absolute atomic E-state index is 13.4. The molecule has 0 unspecified atom stereocenters. The van der Waals surface area contributed by atoms with E-state index in [0.717, 1.165) is 0 Å². The molecule has 0 amide bonds. The first-order valence-corrected chi connectivity index (χ1v) is 6.95. The van der Waals surface area contributed by atoms with Crippen LogP contribution in [0.4, 0.5) is 39.5 Å². The summed E-state index contributed by atoms with van der Waals surface area (Å²) >= 11 is 0. The third-order valence-electron chi connectivity index (χ3n) is 2.86. The molecule has 132 valence electrons. The smallest absolute Gasteiger partial charge is 0.314 e. The zero-order chi connectivity index (χ0) is 17.6. The summed E-state index contributed by atoms with van der Waals surface area (Å²) in [4.78, 5) is 0. The van der Waals surface area contributed by atoms with Gasteiger partial charge in [-0.2, -0.15) is 43.8 Å². The van der Waals surface area contributed by atoms with Gasteiger partial charge in [-0.05, 0) is 0 Å². The molecular formula is C8H9F9N2O2S. The van der Waals surface area contributed by atoms with Gasteiger partial charge in [0.1, 0.15) is 0 Å². The van der Waals surface area contributed by atoms with Crippen LogP contribution in [-0.2, 0) is 10.0 Å². The van der Waals surface area contributed by atoms with Crippen molar-refractivity contribution in [2.45, 2.75) is 23.3 Å². The molecule has 0 saturated carbocycles. The Labute approximate surface area is 118 Å². The lowest BCUT2D eigenvalue weighted by atomic mass is 10.1. The lowest BCUT2D eigenvalue weighted by molar-refractivity contribution is -0.382. The van der Waals surface area contributed by atoms with Crippen LogP contribution in [-0.4, -0.2) is 62.2 Å². The van der Waals surface area contributed by atoms with Gasteiger partial charge in [0.05, 0.1) is 0 Å². The van der Waals surface area contributed by atoms with Crippen molar-refractivity contribution in [3.05, 3.63) is 0 Å². The fourth-order valence-corrected chi connectivity index (χ4v) is 3.01. The highest BCUT2D eigenvalue weighted by molar-refractivity contribution is 7.90. The van der Waals surface area contributed by atoms with E-state index in [1.165, 1.54) is 0 Å². The Balaban J connectivity index is 3.31. The summed E-state index contributed by atoms with van der Waals surface area (Å²) in [5, 5.41) is -4.18. The Morgan fingerprint density at radius 1 is 0.773 bits per heavy atom. The lowest BCUT2D eigenvalue weighted by Gasteiger charge is -2.36. The van der Waals surface area contributed by atoms with Gasteiger partial charge in [0.2, 0.25) is 0 Å². The lowest BCUT2D eigenvalue weighted by Crippen LogP contribution is -2.66. The molecule has 1 aliphatic rings. The molecule has 1 heterocycles. The molecule has 0 aromatic rings. The van der Waals surface area contributed by atoms with Gasteiger partial charge in [0.25, 0.3) is 10.0 Å². The molecule has 0 aliphatic carbocycles. The Morgan fingerprint density at radius 3 is 1.55 bits per heavy atom. The summed E-state index contributed by atoms with van der Waals surface area (Å²) in [6, 6.07) is 0. The van der Waals surface area contributed by atoms with Gasteiger partial charge >= 0.3 is 23.3 Å². The standard InChI is InChI=1S/C8H9F9N2O2S/c9-5(10,7(13,14)15)6(11,12)8(16,17)22(20,21)19-3-1-18-2-4-19/h18H,1-4H2. The van der Waals surface area contributed by atoms with Crippen LogP contribution < -0.4 is 5.32 Å². The molecule has 14 heteroatoms. The molecule has 1 N–H and O–H groups in total. The predicted octanol–water partition coefficient (Wildman–Crippen LogP) is 1.65. The number of alkyl halides is 9. The second-order valence-electron chi connectivity index (χ2n) is 4.32. The van der Waals surface area contributed by atoms with Crippen LogP contribution in [0.2, 0.25) is 0 Å². The number of sulfonamides is 1. The molecule has 1 fully saturated rings. The number of hydrogen-bond donors (Lipinski definition) is 1.